The molecule has 0 atom stereocenters. The SMILES string of the molecule is Cc1cc(Br)ccc1C(=O)Nc1ccc(O)cc1C(=O)O. The number of amides is 1. The van der Waals surface area contributed by atoms with Crippen LogP contribution in [-0.4, -0.2) is 22.1 Å². The van der Waals surface area contributed by atoms with Crippen molar-refractivity contribution < 1.29 is 19.8 Å². The fourth-order valence-corrected chi connectivity index (χ4v) is 2.37. The molecule has 0 heterocycles. The maximum Gasteiger partial charge on any atom is 0.337 e. The van der Waals surface area contributed by atoms with Gasteiger partial charge < -0.3 is 15.5 Å². The molecule has 0 radical (unpaired) electrons. The molecular formula is C15H12BrNO4. The molecule has 6 heteroatoms. The van der Waals surface area contributed by atoms with Crippen molar-refractivity contribution in [1.82, 2.24) is 0 Å². The number of aromatic hydroxyl groups is 1. The molecule has 0 aliphatic rings. The largest absolute Gasteiger partial charge is 0.508 e. The molecule has 0 aliphatic carbocycles. The average Bonchev–Trinajstić information content (AvgIpc) is 2.40. The maximum absolute atomic E-state index is 12.2. The van der Waals surface area contributed by atoms with Crippen molar-refractivity contribution in [1.29, 1.82) is 0 Å². The Morgan fingerprint density at radius 2 is 1.81 bits per heavy atom. The number of halogens is 1. The van der Waals surface area contributed by atoms with E-state index < -0.39 is 11.9 Å². The van der Waals surface area contributed by atoms with Crippen LogP contribution in [0.15, 0.2) is 40.9 Å². The van der Waals surface area contributed by atoms with E-state index in [2.05, 4.69) is 21.2 Å². The quantitative estimate of drug-likeness (QED) is 0.741. The highest BCUT2D eigenvalue weighted by Crippen LogP contribution is 2.23. The van der Waals surface area contributed by atoms with E-state index in [0.717, 1.165) is 16.1 Å². The molecule has 0 bridgehead atoms. The van der Waals surface area contributed by atoms with Crippen molar-refractivity contribution in [2.45, 2.75) is 6.92 Å². The number of hydrogen-bond donors (Lipinski definition) is 3. The van der Waals surface area contributed by atoms with Gasteiger partial charge in [-0.15, -0.1) is 0 Å². The van der Waals surface area contributed by atoms with Gasteiger partial charge in [-0.25, -0.2) is 4.79 Å². The highest BCUT2D eigenvalue weighted by Gasteiger charge is 2.15. The third kappa shape index (κ3) is 3.41. The summed E-state index contributed by atoms with van der Waals surface area (Å²) in [5.74, 6) is -1.81. The van der Waals surface area contributed by atoms with Gasteiger partial charge in [0.1, 0.15) is 5.75 Å². The maximum atomic E-state index is 12.2. The van der Waals surface area contributed by atoms with Gasteiger partial charge in [0, 0.05) is 10.0 Å². The van der Waals surface area contributed by atoms with E-state index in [0.29, 0.717) is 5.56 Å². The van der Waals surface area contributed by atoms with Crippen molar-refractivity contribution in [3.63, 3.8) is 0 Å². The number of hydrogen-bond acceptors (Lipinski definition) is 3. The van der Waals surface area contributed by atoms with E-state index in [1.807, 2.05) is 0 Å². The monoisotopic (exact) mass is 349 g/mol. The van der Waals surface area contributed by atoms with Gasteiger partial charge in [-0.05, 0) is 48.9 Å². The Balaban J connectivity index is 2.34. The third-order valence-electron chi connectivity index (χ3n) is 2.91. The van der Waals surface area contributed by atoms with Gasteiger partial charge >= 0.3 is 5.97 Å². The molecule has 3 N–H and O–H groups in total. The van der Waals surface area contributed by atoms with Crippen LogP contribution in [0.2, 0.25) is 0 Å². The summed E-state index contributed by atoms with van der Waals surface area (Å²) in [6, 6.07) is 8.93. The Morgan fingerprint density at radius 3 is 2.43 bits per heavy atom. The lowest BCUT2D eigenvalue weighted by atomic mass is 10.1. The Morgan fingerprint density at radius 1 is 1.10 bits per heavy atom. The van der Waals surface area contributed by atoms with Crippen molar-refractivity contribution in [3.05, 3.63) is 57.6 Å². The van der Waals surface area contributed by atoms with Crippen LogP contribution in [0.4, 0.5) is 5.69 Å². The lowest BCUT2D eigenvalue weighted by Crippen LogP contribution is -2.15. The smallest absolute Gasteiger partial charge is 0.337 e. The highest BCUT2D eigenvalue weighted by molar-refractivity contribution is 9.10. The third-order valence-corrected chi connectivity index (χ3v) is 3.41. The van der Waals surface area contributed by atoms with Gasteiger partial charge in [-0.3, -0.25) is 4.79 Å². The first-order valence-corrected chi connectivity index (χ1v) is 6.81. The van der Waals surface area contributed by atoms with Gasteiger partial charge in [-0.1, -0.05) is 15.9 Å². The van der Waals surface area contributed by atoms with E-state index in [-0.39, 0.29) is 17.0 Å². The number of anilines is 1. The molecule has 0 fully saturated rings. The van der Waals surface area contributed by atoms with Crippen molar-refractivity contribution in [2.24, 2.45) is 0 Å². The standard InChI is InChI=1S/C15H12BrNO4/c1-8-6-9(16)2-4-11(8)14(19)17-13-5-3-10(18)7-12(13)15(20)21/h2-7,18H,1H3,(H,17,19)(H,20,21). The second kappa shape index (κ2) is 5.97. The normalized spacial score (nSPS) is 10.2. The van der Waals surface area contributed by atoms with Crippen molar-refractivity contribution >= 4 is 33.5 Å². The zero-order chi connectivity index (χ0) is 15.6. The first-order chi connectivity index (χ1) is 9.88. The highest BCUT2D eigenvalue weighted by atomic mass is 79.9. The second-order valence-electron chi connectivity index (χ2n) is 4.45. The van der Waals surface area contributed by atoms with Crippen molar-refractivity contribution in [2.75, 3.05) is 5.32 Å². The summed E-state index contributed by atoms with van der Waals surface area (Å²) in [6.45, 7) is 1.79. The number of carboxylic acids is 1. The molecule has 5 nitrogen and oxygen atoms in total. The van der Waals surface area contributed by atoms with E-state index in [1.165, 1.54) is 12.1 Å². The van der Waals surface area contributed by atoms with E-state index in [9.17, 15) is 14.7 Å². The summed E-state index contributed by atoms with van der Waals surface area (Å²) in [5, 5.41) is 21.0. The number of phenolic OH excluding ortho intramolecular Hbond substituents is 1. The van der Waals surface area contributed by atoms with Crippen molar-refractivity contribution in [3.8, 4) is 5.75 Å². The number of benzene rings is 2. The van der Waals surface area contributed by atoms with Crippen LogP contribution in [0.3, 0.4) is 0 Å². The molecule has 21 heavy (non-hydrogen) atoms. The molecule has 2 aromatic carbocycles. The summed E-state index contributed by atoms with van der Waals surface area (Å²) in [4.78, 5) is 23.4. The molecule has 0 saturated carbocycles. The van der Waals surface area contributed by atoms with E-state index in [4.69, 9.17) is 5.11 Å². The van der Waals surface area contributed by atoms with Gasteiger partial charge in [0.05, 0.1) is 11.3 Å². The van der Waals surface area contributed by atoms with Gasteiger partial charge in [0.15, 0.2) is 0 Å². The minimum atomic E-state index is -1.23. The average molecular weight is 350 g/mol. The van der Waals surface area contributed by atoms with Gasteiger partial charge in [-0.2, -0.15) is 0 Å². The van der Waals surface area contributed by atoms with Crippen LogP contribution in [-0.2, 0) is 0 Å². The van der Waals surface area contributed by atoms with Gasteiger partial charge in [0.25, 0.3) is 5.91 Å². The number of carbonyl (C=O) groups is 2. The first-order valence-electron chi connectivity index (χ1n) is 6.02. The Hall–Kier alpha value is -2.34. The zero-order valence-electron chi connectivity index (χ0n) is 11.1. The number of nitrogens with one attached hydrogen (secondary N) is 1. The fourth-order valence-electron chi connectivity index (χ4n) is 1.89. The van der Waals surface area contributed by atoms with Crippen LogP contribution >= 0.6 is 15.9 Å². The number of rotatable bonds is 3. The van der Waals surface area contributed by atoms with Crippen LogP contribution in [0, 0.1) is 6.92 Å². The molecule has 0 spiro atoms. The molecule has 108 valence electrons. The minimum absolute atomic E-state index is 0.132. The Bertz CT molecular complexity index is 728. The predicted molar refractivity (Wildman–Crippen MR) is 81.9 cm³/mol. The molecule has 0 unspecified atom stereocenters. The van der Waals surface area contributed by atoms with E-state index in [1.54, 1.807) is 25.1 Å². The Kier molecular flexibility index (Phi) is 4.28. The first kappa shape index (κ1) is 15.1. The topological polar surface area (TPSA) is 86.6 Å². The lowest BCUT2D eigenvalue weighted by molar-refractivity contribution is 0.0697. The van der Waals surface area contributed by atoms with E-state index >= 15 is 0 Å². The lowest BCUT2D eigenvalue weighted by Gasteiger charge is -2.10. The molecule has 1 amide bonds. The number of aromatic carboxylic acids is 1. The Labute approximate surface area is 129 Å². The number of carboxylic acid groups (broad SMARTS) is 1. The number of carbonyl (C=O) groups excluding carboxylic acids is 1. The molecule has 0 aromatic heterocycles. The summed E-state index contributed by atoms with van der Waals surface area (Å²) >= 11 is 3.31. The predicted octanol–water partition coefficient (Wildman–Crippen LogP) is 3.41. The second-order valence-corrected chi connectivity index (χ2v) is 5.36. The summed E-state index contributed by atoms with van der Waals surface area (Å²) in [7, 11) is 0. The molecular weight excluding hydrogens is 338 g/mol. The van der Waals surface area contributed by atoms with Gasteiger partial charge in [0.2, 0.25) is 0 Å². The summed E-state index contributed by atoms with van der Waals surface area (Å²) in [5.41, 5.74) is 1.17. The molecule has 2 rings (SSSR count). The van der Waals surface area contributed by atoms with Crippen LogP contribution in [0.5, 0.6) is 5.75 Å². The molecule has 2 aromatic rings. The van der Waals surface area contributed by atoms with Crippen LogP contribution in [0.1, 0.15) is 26.3 Å². The molecule has 0 aliphatic heterocycles. The number of phenols is 1. The summed E-state index contributed by atoms with van der Waals surface area (Å²) in [6.07, 6.45) is 0. The minimum Gasteiger partial charge on any atom is -0.508 e. The number of aryl methyl sites for hydroxylation is 1. The summed E-state index contributed by atoms with van der Waals surface area (Å²) < 4.78 is 0.854. The zero-order valence-corrected chi connectivity index (χ0v) is 12.6. The molecule has 0 saturated heterocycles. The van der Waals surface area contributed by atoms with Crippen LogP contribution in [0.25, 0.3) is 0 Å². The van der Waals surface area contributed by atoms with Crippen LogP contribution < -0.4 is 5.32 Å². The fraction of sp³-hybridized carbons (Fsp3) is 0.0667.